The highest BCUT2D eigenvalue weighted by molar-refractivity contribution is 5.11. The number of rotatable bonds is 8. The Morgan fingerprint density at radius 3 is 2.33 bits per heavy atom. The van der Waals surface area contributed by atoms with Gasteiger partial charge >= 0.3 is 6.18 Å². The molecule has 0 saturated carbocycles. The molecule has 0 amide bonds. The lowest BCUT2D eigenvalue weighted by molar-refractivity contribution is -0.0952. The van der Waals surface area contributed by atoms with Crippen LogP contribution < -0.4 is 0 Å². The average molecular weight is 263 g/mol. The van der Waals surface area contributed by atoms with E-state index in [0.717, 1.165) is 19.4 Å². The smallest absolute Gasteiger partial charge is 0.309 e. The van der Waals surface area contributed by atoms with Crippen molar-refractivity contribution in [1.29, 1.82) is 0 Å². The number of nitrogens with zero attached hydrogens (tertiary/aromatic N) is 1. The van der Waals surface area contributed by atoms with Crippen LogP contribution in [-0.2, 0) is 0 Å². The number of alkyl halides is 3. The normalized spacial score (nSPS) is 14.9. The maximum atomic E-state index is 12.7. The first-order valence-corrected chi connectivity index (χ1v) is 6.34. The predicted octanol–water partition coefficient (Wildman–Crippen LogP) is 4.42. The Hall–Kier alpha value is -0.770. The van der Waals surface area contributed by atoms with Gasteiger partial charge in [-0.15, -0.1) is 6.58 Å². The Morgan fingerprint density at radius 1 is 1.33 bits per heavy atom. The van der Waals surface area contributed by atoms with E-state index in [1.165, 1.54) is 6.08 Å². The minimum atomic E-state index is -4.21. The van der Waals surface area contributed by atoms with E-state index in [-0.39, 0.29) is 12.3 Å². The van der Waals surface area contributed by atoms with Crippen LogP contribution in [0.25, 0.3) is 0 Å². The van der Waals surface area contributed by atoms with Gasteiger partial charge in [0.05, 0.1) is 0 Å². The third-order valence-electron chi connectivity index (χ3n) is 2.81. The molecular weight excluding hydrogens is 239 g/mol. The Kier molecular flexibility index (Phi) is 8.00. The summed E-state index contributed by atoms with van der Waals surface area (Å²) in [5.74, 6) is -0.0932. The molecule has 0 N–H and O–H groups in total. The van der Waals surface area contributed by atoms with Crippen molar-refractivity contribution < 1.29 is 13.2 Å². The molecule has 0 fully saturated rings. The number of halogens is 3. The minimum Gasteiger partial charge on any atom is -0.309 e. The van der Waals surface area contributed by atoms with Gasteiger partial charge in [-0.3, -0.25) is 0 Å². The van der Waals surface area contributed by atoms with Gasteiger partial charge in [0.1, 0.15) is 0 Å². The van der Waals surface area contributed by atoms with Gasteiger partial charge in [-0.05, 0) is 52.2 Å². The number of hydrogen-bond donors (Lipinski definition) is 0. The first-order chi connectivity index (χ1) is 8.31. The van der Waals surface area contributed by atoms with Gasteiger partial charge in [0, 0.05) is 5.57 Å². The molecule has 0 bridgehead atoms. The Bertz CT molecular complexity index is 267. The molecule has 0 aliphatic rings. The van der Waals surface area contributed by atoms with E-state index in [0.29, 0.717) is 6.42 Å². The standard InChI is InChI=1S/C14H24F3N/c1-5-8-13(14(15,16)17)11-12(6-2)9-7-10-18(3)4/h6,8,12H,2,5,7,9-11H2,1,3-4H3/b13-8+. The Labute approximate surface area is 108 Å². The highest BCUT2D eigenvalue weighted by Gasteiger charge is 2.33. The van der Waals surface area contributed by atoms with E-state index in [1.807, 2.05) is 19.0 Å². The highest BCUT2D eigenvalue weighted by Crippen LogP contribution is 2.32. The lowest BCUT2D eigenvalue weighted by Gasteiger charge is -2.18. The average Bonchev–Trinajstić information content (AvgIpc) is 2.24. The molecule has 0 aromatic rings. The second-order valence-corrected chi connectivity index (χ2v) is 4.78. The van der Waals surface area contributed by atoms with Crippen molar-refractivity contribution in [3.63, 3.8) is 0 Å². The van der Waals surface area contributed by atoms with E-state index < -0.39 is 11.7 Å². The van der Waals surface area contributed by atoms with Gasteiger partial charge in [-0.1, -0.05) is 19.1 Å². The zero-order valence-electron chi connectivity index (χ0n) is 11.6. The summed E-state index contributed by atoms with van der Waals surface area (Å²) in [5, 5.41) is 0. The zero-order valence-corrected chi connectivity index (χ0v) is 11.6. The van der Waals surface area contributed by atoms with Crippen molar-refractivity contribution in [2.24, 2.45) is 5.92 Å². The second-order valence-electron chi connectivity index (χ2n) is 4.78. The molecule has 18 heavy (non-hydrogen) atoms. The molecule has 0 aromatic carbocycles. The molecule has 0 spiro atoms. The van der Waals surface area contributed by atoms with Crippen molar-refractivity contribution in [2.75, 3.05) is 20.6 Å². The summed E-state index contributed by atoms with van der Waals surface area (Å²) >= 11 is 0. The Balaban J connectivity index is 4.40. The molecule has 0 heterocycles. The van der Waals surface area contributed by atoms with E-state index in [1.54, 1.807) is 13.0 Å². The predicted molar refractivity (Wildman–Crippen MR) is 70.5 cm³/mol. The molecule has 0 radical (unpaired) electrons. The van der Waals surface area contributed by atoms with Crippen LogP contribution in [0.15, 0.2) is 24.3 Å². The monoisotopic (exact) mass is 263 g/mol. The van der Waals surface area contributed by atoms with Crippen molar-refractivity contribution >= 4 is 0 Å². The number of allylic oxidation sites excluding steroid dienone is 3. The van der Waals surface area contributed by atoms with Crippen LogP contribution in [0.2, 0.25) is 0 Å². The Morgan fingerprint density at radius 2 is 1.94 bits per heavy atom. The molecule has 0 aromatic heterocycles. The highest BCUT2D eigenvalue weighted by atomic mass is 19.4. The molecule has 1 nitrogen and oxygen atoms in total. The van der Waals surface area contributed by atoms with Gasteiger partial charge in [0.2, 0.25) is 0 Å². The molecule has 1 unspecified atom stereocenters. The third kappa shape index (κ3) is 7.54. The summed E-state index contributed by atoms with van der Waals surface area (Å²) in [5.41, 5.74) is -0.417. The molecular formula is C14H24F3N. The maximum Gasteiger partial charge on any atom is 0.412 e. The summed E-state index contributed by atoms with van der Waals surface area (Å²) in [7, 11) is 3.92. The van der Waals surface area contributed by atoms with E-state index in [2.05, 4.69) is 6.58 Å². The number of hydrogen-bond acceptors (Lipinski definition) is 1. The van der Waals surface area contributed by atoms with Crippen molar-refractivity contribution in [3.05, 3.63) is 24.3 Å². The van der Waals surface area contributed by atoms with Crippen molar-refractivity contribution in [2.45, 2.75) is 38.8 Å². The molecule has 4 heteroatoms. The van der Waals surface area contributed by atoms with Crippen LogP contribution in [0, 0.1) is 5.92 Å². The maximum absolute atomic E-state index is 12.7. The van der Waals surface area contributed by atoms with Crippen LogP contribution in [0.1, 0.15) is 32.6 Å². The van der Waals surface area contributed by atoms with Crippen LogP contribution in [-0.4, -0.2) is 31.7 Å². The zero-order chi connectivity index (χ0) is 14.2. The first-order valence-electron chi connectivity index (χ1n) is 6.34. The summed E-state index contributed by atoms with van der Waals surface area (Å²) in [6.07, 6.45) is 0.816. The minimum absolute atomic E-state index is 0.0499. The topological polar surface area (TPSA) is 3.24 Å². The summed E-state index contributed by atoms with van der Waals surface area (Å²) < 4.78 is 38.2. The van der Waals surface area contributed by atoms with E-state index in [4.69, 9.17) is 0 Å². The fraction of sp³-hybridized carbons (Fsp3) is 0.714. The summed E-state index contributed by atoms with van der Waals surface area (Å²) in [6, 6.07) is 0. The molecule has 0 aliphatic carbocycles. The van der Waals surface area contributed by atoms with Gasteiger partial charge in [0.25, 0.3) is 0 Å². The van der Waals surface area contributed by atoms with Crippen LogP contribution >= 0.6 is 0 Å². The quantitative estimate of drug-likeness (QED) is 0.586. The molecule has 0 rings (SSSR count). The molecule has 0 saturated heterocycles. The second kappa shape index (κ2) is 8.35. The first kappa shape index (κ1) is 17.2. The summed E-state index contributed by atoms with van der Waals surface area (Å²) in [4.78, 5) is 2.03. The molecule has 1 atom stereocenters. The lowest BCUT2D eigenvalue weighted by Crippen LogP contribution is -2.17. The van der Waals surface area contributed by atoms with Gasteiger partial charge in [-0.2, -0.15) is 13.2 Å². The fourth-order valence-corrected chi connectivity index (χ4v) is 1.82. The van der Waals surface area contributed by atoms with Gasteiger partial charge in [-0.25, -0.2) is 0 Å². The van der Waals surface area contributed by atoms with Gasteiger partial charge < -0.3 is 4.90 Å². The third-order valence-corrected chi connectivity index (χ3v) is 2.81. The van der Waals surface area contributed by atoms with Gasteiger partial charge in [0.15, 0.2) is 0 Å². The van der Waals surface area contributed by atoms with Crippen molar-refractivity contribution in [1.82, 2.24) is 4.90 Å². The lowest BCUT2D eigenvalue weighted by atomic mass is 9.94. The SMILES string of the molecule is C=CC(CCCN(C)C)C/C(=C\CC)C(F)(F)F. The largest absolute Gasteiger partial charge is 0.412 e. The van der Waals surface area contributed by atoms with Crippen molar-refractivity contribution in [3.8, 4) is 0 Å². The van der Waals surface area contributed by atoms with Crippen LogP contribution in [0.5, 0.6) is 0 Å². The molecule has 106 valence electrons. The fourth-order valence-electron chi connectivity index (χ4n) is 1.82. The van der Waals surface area contributed by atoms with Crippen LogP contribution in [0.3, 0.4) is 0 Å². The van der Waals surface area contributed by atoms with Crippen LogP contribution in [0.4, 0.5) is 13.2 Å². The molecule has 0 aliphatic heterocycles. The summed E-state index contributed by atoms with van der Waals surface area (Å²) in [6.45, 7) is 6.26. The van der Waals surface area contributed by atoms with E-state index in [9.17, 15) is 13.2 Å². The van der Waals surface area contributed by atoms with E-state index >= 15 is 0 Å².